The molecule has 0 aliphatic carbocycles. The summed E-state index contributed by atoms with van der Waals surface area (Å²) in [6, 6.07) is 80.3. The summed E-state index contributed by atoms with van der Waals surface area (Å²) in [5, 5.41) is 12.7. The fraction of sp³-hybridized carbons (Fsp3) is 0. The standard InChI is InChI=1S/C54H36N2OSi/c1-4-17-37(18-5-1)55-47-26-13-10-23-42(47)45-35-38(31-33-49(45)55)56-48-27-14-11-25-44(48)54-50(56)28-16-30-53(54)58(39-19-6-2-7-20-39,40-21-8-3-9-22-40)41-32-34-52-46(36-41)43-24-12-15-29-51(43)57-52/h1-36H. The molecule has 9 aromatic carbocycles. The van der Waals surface area contributed by atoms with E-state index in [0.29, 0.717) is 0 Å². The van der Waals surface area contributed by atoms with Crippen molar-refractivity contribution >= 4 is 94.4 Å². The average molecular weight is 757 g/mol. The van der Waals surface area contributed by atoms with E-state index in [4.69, 9.17) is 4.42 Å². The Morgan fingerprint density at radius 3 is 1.60 bits per heavy atom. The highest BCUT2D eigenvalue weighted by Gasteiger charge is 2.43. The van der Waals surface area contributed by atoms with Gasteiger partial charge in [-0.15, -0.1) is 0 Å². The van der Waals surface area contributed by atoms with Gasteiger partial charge in [-0.1, -0.05) is 158 Å². The van der Waals surface area contributed by atoms with E-state index in [0.717, 1.165) is 33.3 Å². The van der Waals surface area contributed by atoms with E-state index in [-0.39, 0.29) is 0 Å². The number of aromatic nitrogens is 2. The molecule has 0 fully saturated rings. The second-order valence-corrected chi connectivity index (χ2v) is 19.0. The van der Waals surface area contributed by atoms with Gasteiger partial charge in [0.25, 0.3) is 0 Å². The maximum Gasteiger partial charge on any atom is 0.180 e. The Hall–Kier alpha value is -7.40. The molecule has 0 saturated heterocycles. The molecule has 4 heteroatoms. The topological polar surface area (TPSA) is 23.0 Å². The molecule has 3 heterocycles. The Morgan fingerprint density at radius 1 is 0.310 bits per heavy atom. The monoisotopic (exact) mass is 756 g/mol. The first-order valence-electron chi connectivity index (χ1n) is 19.9. The van der Waals surface area contributed by atoms with Crippen LogP contribution in [-0.4, -0.2) is 17.2 Å². The van der Waals surface area contributed by atoms with Crippen LogP contribution in [0.5, 0.6) is 0 Å². The molecule has 0 spiro atoms. The minimum Gasteiger partial charge on any atom is -0.456 e. The number of hydrogen-bond acceptors (Lipinski definition) is 1. The molecule has 0 aliphatic heterocycles. The smallest absolute Gasteiger partial charge is 0.180 e. The van der Waals surface area contributed by atoms with Crippen LogP contribution < -0.4 is 20.7 Å². The highest BCUT2D eigenvalue weighted by Crippen LogP contribution is 2.37. The Bertz CT molecular complexity index is 3470. The van der Waals surface area contributed by atoms with Crippen LogP contribution in [0.2, 0.25) is 0 Å². The van der Waals surface area contributed by atoms with Crippen LogP contribution in [0.3, 0.4) is 0 Å². The molecule has 0 N–H and O–H groups in total. The lowest BCUT2D eigenvalue weighted by atomic mass is 10.1. The maximum absolute atomic E-state index is 6.41. The summed E-state index contributed by atoms with van der Waals surface area (Å²) in [6.45, 7) is 0. The van der Waals surface area contributed by atoms with Crippen LogP contribution in [0.25, 0.3) is 76.9 Å². The van der Waals surface area contributed by atoms with Crippen LogP contribution >= 0.6 is 0 Å². The van der Waals surface area contributed by atoms with Crippen LogP contribution in [0.1, 0.15) is 0 Å². The Labute approximate surface area is 336 Å². The van der Waals surface area contributed by atoms with Gasteiger partial charge in [0, 0.05) is 43.7 Å². The van der Waals surface area contributed by atoms with Gasteiger partial charge >= 0.3 is 0 Å². The van der Waals surface area contributed by atoms with Crippen LogP contribution in [0.15, 0.2) is 223 Å². The van der Waals surface area contributed by atoms with Gasteiger partial charge in [0.15, 0.2) is 8.07 Å². The van der Waals surface area contributed by atoms with Gasteiger partial charge in [-0.2, -0.15) is 0 Å². The van der Waals surface area contributed by atoms with E-state index in [1.165, 1.54) is 64.4 Å². The third kappa shape index (κ3) is 4.67. The fourth-order valence-corrected chi connectivity index (χ4v) is 14.9. The number of benzene rings is 9. The molecule has 272 valence electrons. The molecular formula is C54H36N2OSi. The van der Waals surface area contributed by atoms with E-state index in [1.807, 2.05) is 6.07 Å². The fourth-order valence-electron chi connectivity index (χ4n) is 9.87. The van der Waals surface area contributed by atoms with Crippen molar-refractivity contribution in [2.24, 2.45) is 0 Å². The molecule has 12 rings (SSSR count). The van der Waals surface area contributed by atoms with Crippen LogP contribution in [-0.2, 0) is 0 Å². The summed E-state index contributed by atoms with van der Waals surface area (Å²) in [6.07, 6.45) is 0. The first-order chi connectivity index (χ1) is 28.8. The van der Waals surface area contributed by atoms with Crippen molar-refractivity contribution in [1.29, 1.82) is 0 Å². The summed E-state index contributed by atoms with van der Waals surface area (Å²) in [5.41, 5.74) is 8.91. The highest BCUT2D eigenvalue weighted by molar-refractivity contribution is 7.21. The summed E-state index contributed by atoms with van der Waals surface area (Å²) >= 11 is 0. The van der Waals surface area contributed by atoms with Crippen molar-refractivity contribution in [3.8, 4) is 11.4 Å². The number of fused-ring (bicyclic) bond motifs is 9. The summed E-state index contributed by atoms with van der Waals surface area (Å²) in [5.74, 6) is 0. The van der Waals surface area contributed by atoms with Crippen LogP contribution in [0.4, 0.5) is 0 Å². The Balaban J connectivity index is 1.19. The second kappa shape index (κ2) is 12.8. The third-order valence-corrected chi connectivity index (χ3v) is 17.1. The number of para-hydroxylation sites is 4. The van der Waals surface area contributed by atoms with Gasteiger partial charge in [-0.3, -0.25) is 0 Å². The number of furan rings is 1. The van der Waals surface area contributed by atoms with E-state index in [1.54, 1.807) is 0 Å². The average Bonchev–Trinajstić information content (AvgIpc) is 3.95. The van der Waals surface area contributed by atoms with E-state index >= 15 is 0 Å². The molecule has 0 amide bonds. The molecule has 0 bridgehead atoms. The highest BCUT2D eigenvalue weighted by atomic mass is 28.3. The minimum absolute atomic E-state index is 0.910. The van der Waals surface area contributed by atoms with Crippen molar-refractivity contribution in [3.05, 3.63) is 218 Å². The largest absolute Gasteiger partial charge is 0.456 e. The maximum atomic E-state index is 6.41. The Kier molecular flexibility index (Phi) is 7.25. The lowest BCUT2D eigenvalue weighted by Gasteiger charge is -2.35. The third-order valence-electron chi connectivity index (χ3n) is 12.3. The van der Waals surface area contributed by atoms with Crippen LogP contribution in [0, 0.1) is 0 Å². The zero-order chi connectivity index (χ0) is 38.2. The second-order valence-electron chi connectivity index (χ2n) is 15.2. The van der Waals surface area contributed by atoms with E-state index < -0.39 is 8.07 Å². The van der Waals surface area contributed by atoms with Crippen molar-refractivity contribution in [2.45, 2.75) is 0 Å². The molecule has 58 heavy (non-hydrogen) atoms. The summed E-state index contributed by atoms with van der Waals surface area (Å²) in [4.78, 5) is 0. The minimum atomic E-state index is -3.02. The molecule has 0 atom stereocenters. The predicted octanol–water partition coefficient (Wildman–Crippen LogP) is 11.2. The quantitative estimate of drug-likeness (QED) is 0.122. The zero-order valence-electron chi connectivity index (χ0n) is 31.6. The number of hydrogen-bond donors (Lipinski definition) is 0. The van der Waals surface area contributed by atoms with Gasteiger partial charge in [-0.05, 0) is 81.4 Å². The molecule has 12 aromatic rings. The van der Waals surface area contributed by atoms with Gasteiger partial charge in [0.1, 0.15) is 11.2 Å². The molecule has 0 radical (unpaired) electrons. The van der Waals surface area contributed by atoms with Crippen molar-refractivity contribution in [3.63, 3.8) is 0 Å². The molecule has 0 saturated carbocycles. The lowest BCUT2D eigenvalue weighted by molar-refractivity contribution is 0.669. The summed E-state index contributed by atoms with van der Waals surface area (Å²) < 4.78 is 11.3. The first-order valence-corrected chi connectivity index (χ1v) is 21.9. The van der Waals surface area contributed by atoms with E-state index in [2.05, 4.69) is 221 Å². The van der Waals surface area contributed by atoms with Gasteiger partial charge in [0.2, 0.25) is 0 Å². The molecule has 3 nitrogen and oxygen atoms in total. The number of nitrogens with zero attached hydrogens (tertiary/aromatic N) is 2. The van der Waals surface area contributed by atoms with Gasteiger partial charge in [-0.25, -0.2) is 0 Å². The van der Waals surface area contributed by atoms with Gasteiger partial charge < -0.3 is 13.6 Å². The van der Waals surface area contributed by atoms with Crippen molar-refractivity contribution in [2.75, 3.05) is 0 Å². The normalized spacial score (nSPS) is 12.1. The lowest BCUT2D eigenvalue weighted by Crippen LogP contribution is -2.74. The predicted molar refractivity (Wildman–Crippen MR) is 246 cm³/mol. The Morgan fingerprint density at radius 2 is 0.862 bits per heavy atom. The van der Waals surface area contributed by atoms with Crippen molar-refractivity contribution < 1.29 is 4.42 Å². The molecule has 0 aliphatic rings. The molecule has 0 unspecified atom stereocenters. The first kappa shape index (κ1) is 32.8. The van der Waals surface area contributed by atoms with Gasteiger partial charge in [0.05, 0.1) is 22.1 Å². The van der Waals surface area contributed by atoms with E-state index in [9.17, 15) is 0 Å². The van der Waals surface area contributed by atoms with Crippen molar-refractivity contribution in [1.82, 2.24) is 9.13 Å². The molecular weight excluding hydrogens is 721 g/mol. The SMILES string of the molecule is c1ccc(-n2c3ccccc3c3cc(-n4c5ccccc5c5c([Si](c6ccccc6)(c6ccccc6)c6ccc7oc8ccccc8c7c6)cccc54)ccc32)cc1. The molecule has 3 aromatic heterocycles. The summed E-state index contributed by atoms with van der Waals surface area (Å²) in [7, 11) is -3.02. The zero-order valence-corrected chi connectivity index (χ0v) is 32.6. The number of rotatable bonds is 6.